The van der Waals surface area contributed by atoms with Crippen LogP contribution in [0, 0.1) is 0 Å². The van der Waals surface area contributed by atoms with Gasteiger partial charge in [-0.2, -0.15) is 11.3 Å². The number of thiophene rings is 1. The van der Waals surface area contributed by atoms with Crippen LogP contribution in [-0.2, 0) is 19.5 Å². The maximum atomic E-state index is 4.69. The molecule has 6 heteroatoms. The maximum Gasteiger partial charge on any atom is 0.194 e. The highest BCUT2D eigenvalue weighted by Gasteiger charge is 2.07. The monoisotopic (exact) mass is 322 g/mol. The summed E-state index contributed by atoms with van der Waals surface area (Å²) in [6.07, 6.45) is 3.00. The summed E-state index contributed by atoms with van der Waals surface area (Å²) in [4.78, 5) is 12.6. The van der Waals surface area contributed by atoms with Crippen LogP contribution in [0.3, 0.4) is 0 Å². The van der Waals surface area contributed by atoms with Crippen LogP contribution in [0.25, 0.3) is 0 Å². The van der Waals surface area contributed by atoms with Gasteiger partial charge in [-0.05, 0) is 35.7 Å². The predicted octanol–water partition coefficient (Wildman–Crippen LogP) is 3.36. The summed E-state index contributed by atoms with van der Waals surface area (Å²) in [5, 5.41) is 8.70. The number of hydrogen-bond donors (Lipinski definition) is 1. The Morgan fingerprint density at radius 1 is 1.43 bits per heavy atom. The van der Waals surface area contributed by atoms with Crippen LogP contribution in [0.2, 0.25) is 0 Å². The van der Waals surface area contributed by atoms with Gasteiger partial charge in [0.05, 0.1) is 6.54 Å². The average molecular weight is 323 g/mol. The minimum atomic E-state index is 0.640. The lowest BCUT2D eigenvalue weighted by molar-refractivity contribution is 0.477. The fraction of sp³-hybridized carbons (Fsp3) is 0.467. The SMILES string of the molecule is CCNC(=NCc1ncc(CC)s1)N(C)Cc1ccsc1. The van der Waals surface area contributed by atoms with E-state index in [-0.39, 0.29) is 0 Å². The minimum absolute atomic E-state index is 0.640. The molecule has 114 valence electrons. The highest BCUT2D eigenvalue weighted by molar-refractivity contribution is 7.11. The van der Waals surface area contributed by atoms with Crippen LogP contribution in [0.4, 0.5) is 0 Å². The Morgan fingerprint density at radius 3 is 2.90 bits per heavy atom. The lowest BCUT2D eigenvalue weighted by Gasteiger charge is -2.21. The van der Waals surface area contributed by atoms with E-state index in [1.807, 2.05) is 6.20 Å². The molecular weight excluding hydrogens is 300 g/mol. The fourth-order valence-electron chi connectivity index (χ4n) is 1.93. The lowest BCUT2D eigenvalue weighted by atomic mass is 10.3. The number of hydrogen-bond acceptors (Lipinski definition) is 4. The summed E-state index contributed by atoms with van der Waals surface area (Å²) < 4.78 is 0. The maximum absolute atomic E-state index is 4.69. The fourth-order valence-corrected chi connectivity index (χ4v) is 3.37. The highest BCUT2D eigenvalue weighted by Crippen LogP contribution is 2.14. The lowest BCUT2D eigenvalue weighted by Crippen LogP contribution is -2.38. The molecule has 0 amide bonds. The molecule has 1 N–H and O–H groups in total. The molecule has 0 aliphatic rings. The predicted molar refractivity (Wildman–Crippen MR) is 92.1 cm³/mol. The van der Waals surface area contributed by atoms with Crippen LogP contribution in [0.15, 0.2) is 28.0 Å². The second-order valence-electron chi connectivity index (χ2n) is 4.73. The molecule has 0 fully saturated rings. The molecule has 2 rings (SSSR count). The molecule has 0 atom stereocenters. The first-order valence-corrected chi connectivity index (χ1v) is 8.93. The molecule has 0 bridgehead atoms. The molecular formula is C15H22N4S2. The quantitative estimate of drug-likeness (QED) is 0.655. The van der Waals surface area contributed by atoms with E-state index in [1.54, 1.807) is 22.7 Å². The number of aliphatic imine (C=N–C) groups is 1. The number of nitrogens with one attached hydrogen (secondary N) is 1. The van der Waals surface area contributed by atoms with E-state index in [2.05, 4.69) is 52.9 Å². The van der Waals surface area contributed by atoms with Gasteiger partial charge in [-0.3, -0.25) is 0 Å². The molecule has 0 saturated heterocycles. The van der Waals surface area contributed by atoms with E-state index in [4.69, 9.17) is 4.99 Å². The van der Waals surface area contributed by atoms with Crippen molar-refractivity contribution in [2.75, 3.05) is 13.6 Å². The molecule has 2 aromatic heterocycles. The third-order valence-electron chi connectivity index (χ3n) is 3.01. The molecule has 0 radical (unpaired) electrons. The molecule has 0 spiro atoms. The van der Waals surface area contributed by atoms with Gasteiger partial charge in [0.2, 0.25) is 0 Å². The zero-order valence-electron chi connectivity index (χ0n) is 12.8. The van der Waals surface area contributed by atoms with Gasteiger partial charge in [0.15, 0.2) is 5.96 Å². The number of aryl methyl sites for hydroxylation is 1. The summed E-state index contributed by atoms with van der Waals surface area (Å²) in [6, 6.07) is 2.15. The molecule has 21 heavy (non-hydrogen) atoms. The average Bonchev–Trinajstić information content (AvgIpc) is 3.14. The van der Waals surface area contributed by atoms with Crippen molar-refractivity contribution in [1.29, 1.82) is 0 Å². The second-order valence-corrected chi connectivity index (χ2v) is 6.71. The van der Waals surface area contributed by atoms with E-state index in [9.17, 15) is 0 Å². The topological polar surface area (TPSA) is 40.5 Å². The Balaban J connectivity index is 2.00. The number of thiazole rings is 1. The first-order chi connectivity index (χ1) is 10.2. The van der Waals surface area contributed by atoms with Crippen molar-refractivity contribution in [3.05, 3.63) is 38.5 Å². The molecule has 2 aromatic rings. The Bertz CT molecular complexity index is 560. The third-order valence-corrected chi connectivity index (χ3v) is 4.87. The molecule has 0 aromatic carbocycles. The Kier molecular flexibility index (Phi) is 6.20. The van der Waals surface area contributed by atoms with E-state index < -0.39 is 0 Å². The Labute approximate surface area is 134 Å². The summed E-state index contributed by atoms with van der Waals surface area (Å²) in [6.45, 7) is 6.62. The van der Waals surface area contributed by atoms with Gasteiger partial charge in [-0.25, -0.2) is 9.98 Å². The van der Waals surface area contributed by atoms with Gasteiger partial charge >= 0.3 is 0 Å². The standard InChI is InChI=1S/C15H22N4S2/c1-4-13-8-17-14(21-13)9-18-15(16-5-2)19(3)10-12-6-7-20-11-12/h6-8,11H,4-5,9-10H2,1-3H3,(H,16,18). The minimum Gasteiger partial charge on any atom is -0.357 e. The molecule has 0 unspecified atom stereocenters. The number of guanidine groups is 1. The number of nitrogens with zero attached hydrogens (tertiary/aromatic N) is 3. The zero-order chi connectivity index (χ0) is 15.1. The van der Waals surface area contributed by atoms with Gasteiger partial charge in [-0.15, -0.1) is 11.3 Å². The van der Waals surface area contributed by atoms with Crippen molar-refractivity contribution in [3.8, 4) is 0 Å². The molecule has 0 saturated carbocycles. The largest absolute Gasteiger partial charge is 0.357 e. The van der Waals surface area contributed by atoms with E-state index in [0.29, 0.717) is 6.54 Å². The highest BCUT2D eigenvalue weighted by atomic mass is 32.1. The molecule has 4 nitrogen and oxygen atoms in total. The van der Waals surface area contributed by atoms with Crippen molar-refractivity contribution in [2.45, 2.75) is 33.4 Å². The Hall–Kier alpha value is -1.40. The summed E-state index contributed by atoms with van der Waals surface area (Å²) >= 11 is 3.47. The second kappa shape index (κ2) is 8.14. The number of aromatic nitrogens is 1. The van der Waals surface area contributed by atoms with E-state index in [0.717, 1.165) is 30.5 Å². The van der Waals surface area contributed by atoms with Crippen LogP contribution in [0.1, 0.15) is 29.3 Å². The summed E-state index contributed by atoms with van der Waals surface area (Å²) in [5.41, 5.74) is 1.32. The summed E-state index contributed by atoms with van der Waals surface area (Å²) in [5.74, 6) is 0.928. The van der Waals surface area contributed by atoms with Gasteiger partial charge in [0.25, 0.3) is 0 Å². The molecule has 2 heterocycles. The number of rotatable bonds is 6. The first kappa shape index (κ1) is 16.0. The molecule has 0 aliphatic heterocycles. The zero-order valence-corrected chi connectivity index (χ0v) is 14.4. The molecule has 0 aliphatic carbocycles. The van der Waals surface area contributed by atoms with Crippen molar-refractivity contribution >= 4 is 28.6 Å². The van der Waals surface area contributed by atoms with E-state index >= 15 is 0 Å². The van der Waals surface area contributed by atoms with Crippen molar-refractivity contribution in [2.24, 2.45) is 4.99 Å². The van der Waals surface area contributed by atoms with Gasteiger partial charge in [0, 0.05) is 31.2 Å². The third kappa shape index (κ3) is 4.82. The van der Waals surface area contributed by atoms with Crippen molar-refractivity contribution < 1.29 is 0 Å². The van der Waals surface area contributed by atoms with Gasteiger partial charge in [0.1, 0.15) is 5.01 Å². The normalized spacial score (nSPS) is 11.7. The van der Waals surface area contributed by atoms with Crippen LogP contribution < -0.4 is 5.32 Å². The summed E-state index contributed by atoms with van der Waals surface area (Å²) in [7, 11) is 2.07. The van der Waals surface area contributed by atoms with Crippen LogP contribution in [-0.4, -0.2) is 29.4 Å². The van der Waals surface area contributed by atoms with Crippen molar-refractivity contribution in [1.82, 2.24) is 15.2 Å². The van der Waals surface area contributed by atoms with Crippen LogP contribution in [0.5, 0.6) is 0 Å². The van der Waals surface area contributed by atoms with Crippen molar-refractivity contribution in [3.63, 3.8) is 0 Å². The van der Waals surface area contributed by atoms with Crippen LogP contribution >= 0.6 is 22.7 Å². The van der Waals surface area contributed by atoms with Gasteiger partial charge in [-0.1, -0.05) is 6.92 Å². The first-order valence-electron chi connectivity index (χ1n) is 7.17. The Morgan fingerprint density at radius 2 is 2.29 bits per heavy atom. The van der Waals surface area contributed by atoms with Gasteiger partial charge < -0.3 is 10.2 Å². The smallest absolute Gasteiger partial charge is 0.194 e. The van der Waals surface area contributed by atoms with E-state index in [1.165, 1.54) is 10.4 Å².